The fourth-order valence-electron chi connectivity index (χ4n) is 2.91. The molecule has 0 unspecified atom stereocenters. The van der Waals surface area contributed by atoms with Gasteiger partial charge >= 0.3 is 0 Å². The molecule has 4 heteroatoms. The highest BCUT2D eigenvalue weighted by Crippen LogP contribution is 2.31. The molecule has 0 fully saturated rings. The van der Waals surface area contributed by atoms with Crippen molar-refractivity contribution < 1.29 is 0 Å². The summed E-state index contributed by atoms with van der Waals surface area (Å²) in [7, 11) is 0. The van der Waals surface area contributed by atoms with Crippen molar-refractivity contribution in [3.63, 3.8) is 0 Å². The lowest BCUT2D eigenvalue weighted by atomic mass is 10.00. The molecule has 0 radical (unpaired) electrons. The fourth-order valence-corrected chi connectivity index (χ4v) is 3.69. The van der Waals surface area contributed by atoms with Gasteiger partial charge in [0.2, 0.25) is 0 Å². The Morgan fingerprint density at radius 2 is 2.00 bits per heavy atom. The maximum atomic E-state index is 12.8. The molecule has 0 bridgehead atoms. The average molecular weight is 344 g/mol. The Balaban J connectivity index is 2.01. The maximum Gasteiger partial charge on any atom is 0.257 e. The molecule has 3 heterocycles. The third-order valence-electron chi connectivity index (χ3n) is 4.09. The highest BCUT2D eigenvalue weighted by atomic mass is 32.1. The van der Waals surface area contributed by atoms with Gasteiger partial charge < -0.3 is 4.98 Å². The van der Waals surface area contributed by atoms with Gasteiger partial charge in [0.25, 0.3) is 5.56 Å². The molecule has 0 aliphatic carbocycles. The molecule has 0 aliphatic heterocycles. The van der Waals surface area contributed by atoms with Crippen LogP contribution < -0.4 is 5.56 Å². The Kier molecular flexibility index (Phi) is 4.04. The number of thiophene rings is 1. The lowest BCUT2D eigenvalue weighted by Gasteiger charge is -2.09. The molecule has 1 N–H and O–H groups in total. The van der Waals surface area contributed by atoms with Crippen LogP contribution >= 0.6 is 11.3 Å². The van der Waals surface area contributed by atoms with E-state index < -0.39 is 0 Å². The zero-order chi connectivity index (χ0) is 17.2. The van der Waals surface area contributed by atoms with Crippen LogP contribution in [0.2, 0.25) is 0 Å². The van der Waals surface area contributed by atoms with Crippen molar-refractivity contribution >= 4 is 34.4 Å². The number of hydrogen-bond acceptors (Lipinski definition) is 3. The number of fused-ring (bicyclic) bond motifs is 1. The van der Waals surface area contributed by atoms with Crippen molar-refractivity contribution in [2.45, 2.75) is 6.92 Å². The van der Waals surface area contributed by atoms with E-state index in [-0.39, 0.29) is 5.56 Å². The summed E-state index contributed by atoms with van der Waals surface area (Å²) in [6, 6.07) is 15.8. The van der Waals surface area contributed by atoms with E-state index in [4.69, 9.17) is 0 Å². The number of hydrogen-bond donors (Lipinski definition) is 1. The predicted molar refractivity (Wildman–Crippen MR) is 106 cm³/mol. The van der Waals surface area contributed by atoms with E-state index in [1.165, 1.54) is 0 Å². The first-order valence-corrected chi connectivity index (χ1v) is 8.90. The minimum absolute atomic E-state index is 0.0699. The summed E-state index contributed by atoms with van der Waals surface area (Å²) in [6.45, 7) is 2.06. The van der Waals surface area contributed by atoms with Gasteiger partial charge in [-0.3, -0.25) is 9.78 Å². The van der Waals surface area contributed by atoms with Gasteiger partial charge in [-0.2, -0.15) is 0 Å². The van der Waals surface area contributed by atoms with Crippen molar-refractivity contribution in [3.05, 3.63) is 87.3 Å². The van der Waals surface area contributed by atoms with Crippen LogP contribution in [0.1, 0.15) is 16.8 Å². The second kappa shape index (κ2) is 6.49. The quantitative estimate of drug-likeness (QED) is 0.560. The van der Waals surface area contributed by atoms with E-state index in [9.17, 15) is 4.79 Å². The van der Waals surface area contributed by atoms with Crippen LogP contribution in [0.15, 0.2) is 64.9 Å². The lowest BCUT2D eigenvalue weighted by molar-refractivity contribution is 1.29. The van der Waals surface area contributed by atoms with Crippen molar-refractivity contribution in [2.24, 2.45) is 0 Å². The molecule has 4 rings (SSSR count). The molecule has 0 atom stereocenters. The van der Waals surface area contributed by atoms with Gasteiger partial charge in [-0.25, -0.2) is 0 Å². The lowest BCUT2D eigenvalue weighted by Crippen LogP contribution is -2.10. The van der Waals surface area contributed by atoms with Gasteiger partial charge in [-0.15, -0.1) is 11.3 Å². The molecule has 0 saturated carbocycles. The highest BCUT2D eigenvalue weighted by Gasteiger charge is 2.13. The third-order valence-corrected chi connectivity index (χ3v) is 4.97. The second-order valence-corrected chi connectivity index (χ2v) is 6.80. The third kappa shape index (κ3) is 3.04. The van der Waals surface area contributed by atoms with E-state index in [0.717, 1.165) is 32.6 Å². The Morgan fingerprint density at radius 3 is 2.76 bits per heavy atom. The van der Waals surface area contributed by atoms with Gasteiger partial charge in [0.05, 0.1) is 11.3 Å². The fraction of sp³-hybridized carbons (Fsp3) is 0.0476. The molecular formula is C21H16N2OS. The van der Waals surface area contributed by atoms with Gasteiger partial charge in [0.1, 0.15) is 0 Å². The average Bonchev–Trinajstić information content (AvgIpc) is 3.15. The molecule has 1 aromatic carbocycles. The topological polar surface area (TPSA) is 45.8 Å². The second-order valence-electron chi connectivity index (χ2n) is 5.86. The summed E-state index contributed by atoms with van der Waals surface area (Å²) < 4.78 is 0. The standard InChI is InChI=1S/C21H16N2OS/c1-14-7-10-18-17(13-14)16(9-8-15-5-2-3-11-22-15)20(21(24)23-18)19-6-4-12-25-19/h2-13H,1H3,(H,23,24)/b9-8+. The maximum absolute atomic E-state index is 12.8. The van der Waals surface area contributed by atoms with Crippen LogP contribution in [-0.2, 0) is 0 Å². The molecule has 0 saturated heterocycles. The summed E-state index contributed by atoms with van der Waals surface area (Å²) in [6.07, 6.45) is 5.71. The Hall–Kier alpha value is -2.98. The number of benzene rings is 1. The van der Waals surface area contributed by atoms with Gasteiger partial charge in [-0.1, -0.05) is 29.8 Å². The number of aromatic amines is 1. The van der Waals surface area contributed by atoms with E-state index in [2.05, 4.69) is 23.0 Å². The van der Waals surface area contributed by atoms with E-state index in [1.54, 1.807) is 17.5 Å². The number of rotatable bonds is 3. The Morgan fingerprint density at radius 1 is 1.08 bits per heavy atom. The van der Waals surface area contributed by atoms with Crippen LogP contribution in [0.3, 0.4) is 0 Å². The summed E-state index contributed by atoms with van der Waals surface area (Å²) in [5.41, 5.74) is 4.43. The van der Waals surface area contributed by atoms with Crippen LogP contribution in [0, 0.1) is 6.92 Å². The molecule has 0 amide bonds. The van der Waals surface area contributed by atoms with Crippen LogP contribution in [0.5, 0.6) is 0 Å². The van der Waals surface area contributed by atoms with Gasteiger partial charge in [0, 0.05) is 22.0 Å². The number of aromatic nitrogens is 2. The van der Waals surface area contributed by atoms with Crippen LogP contribution in [-0.4, -0.2) is 9.97 Å². The molecule has 0 aliphatic rings. The summed E-state index contributed by atoms with van der Waals surface area (Å²) >= 11 is 1.57. The molecule has 4 aromatic rings. The number of nitrogens with one attached hydrogen (secondary N) is 1. The molecule has 122 valence electrons. The number of H-pyrrole nitrogens is 1. The van der Waals surface area contributed by atoms with Crippen molar-refractivity contribution in [1.29, 1.82) is 0 Å². The van der Waals surface area contributed by atoms with Crippen LogP contribution in [0.25, 0.3) is 33.5 Å². The largest absolute Gasteiger partial charge is 0.321 e. The molecule has 3 aromatic heterocycles. The van der Waals surface area contributed by atoms with Gasteiger partial charge in [-0.05, 0) is 54.3 Å². The van der Waals surface area contributed by atoms with Crippen molar-refractivity contribution in [1.82, 2.24) is 9.97 Å². The van der Waals surface area contributed by atoms with E-state index in [0.29, 0.717) is 5.56 Å². The molecular weight excluding hydrogens is 328 g/mol. The minimum Gasteiger partial charge on any atom is -0.321 e. The summed E-state index contributed by atoms with van der Waals surface area (Å²) in [4.78, 5) is 21.1. The zero-order valence-electron chi connectivity index (χ0n) is 13.7. The normalized spacial score (nSPS) is 11.4. The summed E-state index contributed by atoms with van der Waals surface area (Å²) in [5.74, 6) is 0. The van der Waals surface area contributed by atoms with E-state index >= 15 is 0 Å². The molecule has 25 heavy (non-hydrogen) atoms. The Bertz CT molecular complexity index is 1110. The minimum atomic E-state index is -0.0699. The van der Waals surface area contributed by atoms with Crippen LogP contribution in [0.4, 0.5) is 0 Å². The van der Waals surface area contributed by atoms with Crippen molar-refractivity contribution in [2.75, 3.05) is 0 Å². The number of pyridine rings is 2. The van der Waals surface area contributed by atoms with Crippen molar-refractivity contribution in [3.8, 4) is 10.4 Å². The first-order chi connectivity index (χ1) is 12.2. The monoisotopic (exact) mass is 344 g/mol. The summed E-state index contributed by atoms with van der Waals surface area (Å²) in [5, 5.41) is 3.02. The zero-order valence-corrected chi connectivity index (χ0v) is 14.5. The van der Waals surface area contributed by atoms with Gasteiger partial charge in [0.15, 0.2) is 0 Å². The number of nitrogens with zero attached hydrogens (tertiary/aromatic N) is 1. The number of aryl methyl sites for hydroxylation is 1. The SMILES string of the molecule is Cc1ccc2[nH]c(=O)c(-c3cccs3)c(/C=C/c3ccccn3)c2c1. The molecule has 3 nitrogen and oxygen atoms in total. The first-order valence-electron chi connectivity index (χ1n) is 8.02. The molecule has 0 spiro atoms. The van der Waals surface area contributed by atoms with E-state index in [1.807, 2.05) is 60.0 Å². The highest BCUT2D eigenvalue weighted by molar-refractivity contribution is 7.13. The predicted octanol–water partition coefficient (Wildman–Crippen LogP) is 5.13. The Labute approximate surface area is 149 Å². The smallest absolute Gasteiger partial charge is 0.257 e. The first kappa shape index (κ1) is 15.5.